The maximum atomic E-state index is 12.4. The van der Waals surface area contributed by atoms with E-state index in [1.807, 2.05) is 6.92 Å². The van der Waals surface area contributed by atoms with Gasteiger partial charge in [-0.25, -0.2) is 4.79 Å². The van der Waals surface area contributed by atoms with Crippen LogP contribution in [0.2, 0.25) is 0 Å². The minimum Gasteiger partial charge on any atom is -0.323 e. The molecular weight excluding hydrogens is 232 g/mol. The number of nitrogens with one attached hydrogen (secondary N) is 1. The van der Waals surface area contributed by atoms with Gasteiger partial charge in [0.05, 0.1) is 0 Å². The Balaban J connectivity index is 2.14. The summed E-state index contributed by atoms with van der Waals surface area (Å²) in [6.45, 7) is 3.69. The van der Waals surface area contributed by atoms with Crippen LogP contribution in [0.15, 0.2) is 0 Å². The zero-order valence-corrected chi connectivity index (χ0v) is 11.0. The Morgan fingerprint density at radius 3 is 2.78 bits per heavy atom. The first-order chi connectivity index (χ1) is 8.47. The van der Waals surface area contributed by atoms with Crippen molar-refractivity contribution in [3.63, 3.8) is 0 Å². The molecule has 1 N–H and O–H groups in total. The van der Waals surface area contributed by atoms with Crippen LogP contribution in [0, 0.1) is 5.92 Å². The van der Waals surface area contributed by atoms with Gasteiger partial charge in [0.25, 0.3) is 5.91 Å². The topological polar surface area (TPSA) is 66.5 Å². The van der Waals surface area contributed by atoms with Crippen LogP contribution < -0.4 is 5.32 Å². The molecular formula is C13H20N2O3. The van der Waals surface area contributed by atoms with Crippen LogP contribution >= 0.6 is 0 Å². The molecule has 1 heterocycles. The lowest BCUT2D eigenvalue weighted by molar-refractivity contribution is -0.134. The number of ketones is 1. The van der Waals surface area contributed by atoms with Crippen molar-refractivity contribution in [2.45, 2.75) is 51.5 Å². The third-order valence-electron chi connectivity index (χ3n) is 4.19. The highest BCUT2D eigenvalue weighted by Crippen LogP contribution is 2.38. The quantitative estimate of drug-likeness (QED) is 0.773. The fourth-order valence-electron chi connectivity index (χ4n) is 2.97. The van der Waals surface area contributed by atoms with Gasteiger partial charge in [0.15, 0.2) is 0 Å². The Morgan fingerprint density at radius 2 is 2.17 bits per heavy atom. The van der Waals surface area contributed by atoms with E-state index >= 15 is 0 Å². The van der Waals surface area contributed by atoms with Crippen molar-refractivity contribution in [2.75, 3.05) is 6.54 Å². The summed E-state index contributed by atoms with van der Waals surface area (Å²) in [6.07, 6.45) is 4.00. The van der Waals surface area contributed by atoms with Crippen molar-refractivity contribution in [3.8, 4) is 0 Å². The predicted molar refractivity (Wildman–Crippen MR) is 65.9 cm³/mol. The zero-order valence-electron chi connectivity index (χ0n) is 11.0. The molecule has 0 radical (unpaired) electrons. The van der Waals surface area contributed by atoms with E-state index in [1.165, 1.54) is 11.8 Å². The van der Waals surface area contributed by atoms with Gasteiger partial charge in [-0.05, 0) is 25.7 Å². The molecule has 18 heavy (non-hydrogen) atoms. The maximum Gasteiger partial charge on any atom is 0.325 e. The molecule has 0 aromatic heterocycles. The minimum atomic E-state index is -0.702. The lowest BCUT2D eigenvalue weighted by Crippen LogP contribution is -2.53. The van der Waals surface area contributed by atoms with Gasteiger partial charge in [0, 0.05) is 13.0 Å². The van der Waals surface area contributed by atoms with Crippen LogP contribution in [-0.4, -0.2) is 34.7 Å². The van der Waals surface area contributed by atoms with Gasteiger partial charge in [0.2, 0.25) is 0 Å². The number of Topliss-reactive ketones (excluding diaryl/α,β-unsaturated/α-hetero) is 1. The van der Waals surface area contributed by atoms with Crippen LogP contribution in [0.1, 0.15) is 46.0 Å². The molecule has 2 aliphatic rings. The minimum absolute atomic E-state index is 0.00626. The molecule has 3 amide bonds. The maximum absolute atomic E-state index is 12.4. The molecule has 2 fully saturated rings. The van der Waals surface area contributed by atoms with Crippen molar-refractivity contribution in [3.05, 3.63) is 0 Å². The Hall–Kier alpha value is -1.39. The van der Waals surface area contributed by atoms with Crippen molar-refractivity contribution in [1.82, 2.24) is 10.2 Å². The molecule has 2 atom stereocenters. The van der Waals surface area contributed by atoms with E-state index in [0.717, 1.165) is 25.7 Å². The Kier molecular flexibility index (Phi) is 3.41. The highest BCUT2D eigenvalue weighted by atomic mass is 16.2. The van der Waals surface area contributed by atoms with Gasteiger partial charge in [-0.3, -0.25) is 14.5 Å². The van der Waals surface area contributed by atoms with E-state index in [0.29, 0.717) is 0 Å². The summed E-state index contributed by atoms with van der Waals surface area (Å²) in [5.74, 6) is 0.0271. The highest BCUT2D eigenvalue weighted by Gasteiger charge is 2.54. The fourth-order valence-corrected chi connectivity index (χ4v) is 2.97. The normalized spacial score (nSPS) is 31.9. The first kappa shape index (κ1) is 13.1. The van der Waals surface area contributed by atoms with Crippen molar-refractivity contribution in [1.29, 1.82) is 0 Å². The number of carbonyl (C=O) groups excluding carboxylic acids is 3. The number of hydrogen-bond donors (Lipinski definition) is 1. The van der Waals surface area contributed by atoms with E-state index in [-0.39, 0.29) is 36.6 Å². The number of hydrogen-bond acceptors (Lipinski definition) is 3. The van der Waals surface area contributed by atoms with E-state index in [2.05, 4.69) is 5.32 Å². The molecule has 0 unspecified atom stereocenters. The number of urea groups is 1. The summed E-state index contributed by atoms with van der Waals surface area (Å²) < 4.78 is 0. The largest absolute Gasteiger partial charge is 0.325 e. The second-order valence-electron chi connectivity index (χ2n) is 5.46. The monoisotopic (exact) mass is 252 g/mol. The summed E-state index contributed by atoms with van der Waals surface area (Å²) in [7, 11) is 0. The molecule has 1 aliphatic carbocycles. The van der Waals surface area contributed by atoms with Crippen LogP contribution in [0.25, 0.3) is 0 Å². The SMILES string of the molecule is CC(=O)CCN1C(=O)N[C@]2(CCCC[C@@H]2C)C1=O. The van der Waals surface area contributed by atoms with Crippen molar-refractivity contribution >= 4 is 17.7 Å². The molecule has 1 aliphatic heterocycles. The molecule has 0 bridgehead atoms. The predicted octanol–water partition coefficient (Wildman–Crippen LogP) is 1.47. The summed E-state index contributed by atoms with van der Waals surface area (Å²) in [6, 6.07) is -0.338. The van der Waals surface area contributed by atoms with Crippen LogP contribution in [-0.2, 0) is 9.59 Å². The van der Waals surface area contributed by atoms with Crippen LogP contribution in [0.3, 0.4) is 0 Å². The lowest BCUT2D eigenvalue weighted by Gasteiger charge is -2.36. The van der Waals surface area contributed by atoms with Gasteiger partial charge in [-0.1, -0.05) is 19.8 Å². The number of nitrogens with zero attached hydrogens (tertiary/aromatic N) is 1. The summed E-state index contributed by atoms with van der Waals surface area (Å²) in [5.41, 5.74) is -0.702. The first-order valence-electron chi connectivity index (χ1n) is 6.61. The third-order valence-corrected chi connectivity index (χ3v) is 4.19. The Morgan fingerprint density at radius 1 is 1.44 bits per heavy atom. The summed E-state index contributed by atoms with van der Waals surface area (Å²) in [4.78, 5) is 36.5. The highest BCUT2D eigenvalue weighted by molar-refractivity contribution is 6.07. The average Bonchev–Trinajstić information content (AvgIpc) is 2.54. The van der Waals surface area contributed by atoms with Crippen LogP contribution in [0.4, 0.5) is 4.79 Å². The van der Waals surface area contributed by atoms with Gasteiger partial charge < -0.3 is 5.32 Å². The Bertz CT molecular complexity index is 394. The summed E-state index contributed by atoms with van der Waals surface area (Å²) >= 11 is 0. The molecule has 1 saturated heterocycles. The number of imide groups is 1. The molecule has 5 heteroatoms. The van der Waals surface area contributed by atoms with Gasteiger partial charge in [0.1, 0.15) is 11.3 Å². The molecule has 0 aromatic carbocycles. The molecule has 0 aromatic rings. The molecule has 1 spiro atoms. The smallest absolute Gasteiger partial charge is 0.323 e. The van der Waals surface area contributed by atoms with Gasteiger partial charge in [-0.2, -0.15) is 0 Å². The number of rotatable bonds is 3. The van der Waals surface area contributed by atoms with Gasteiger partial charge in [-0.15, -0.1) is 0 Å². The lowest BCUT2D eigenvalue weighted by atomic mass is 9.73. The fraction of sp³-hybridized carbons (Fsp3) is 0.769. The summed E-state index contributed by atoms with van der Waals surface area (Å²) in [5, 5.41) is 2.87. The number of amides is 3. The van der Waals surface area contributed by atoms with E-state index in [4.69, 9.17) is 0 Å². The molecule has 5 nitrogen and oxygen atoms in total. The molecule has 100 valence electrons. The van der Waals surface area contributed by atoms with E-state index in [1.54, 1.807) is 0 Å². The standard InChI is InChI=1S/C13H20N2O3/c1-9-5-3-4-7-13(9)11(17)15(12(18)14-13)8-6-10(2)16/h9H,3-8H2,1-2H3,(H,14,18)/t9-,13-/m0/s1. The third kappa shape index (κ3) is 2.02. The second-order valence-corrected chi connectivity index (χ2v) is 5.46. The van der Waals surface area contributed by atoms with E-state index < -0.39 is 5.54 Å². The Labute approximate surface area is 107 Å². The van der Waals surface area contributed by atoms with Crippen molar-refractivity contribution in [2.24, 2.45) is 5.92 Å². The van der Waals surface area contributed by atoms with E-state index in [9.17, 15) is 14.4 Å². The number of carbonyl (C=O) groups is 3. The molecule has 2 rings (SSSR count). The average molecular weight is 252 g/mol. The molecule has 1 saturated carbocycles. The first-order valence-corrected chi connectivity index (χ1v) is 6.61. The van der Waals surface area contributed by atoms with Gasteiger partial charge >= 0.3 is 6.03 Å². The van der Waals surface area contributed by atoms with Crippen molar-refractivity contribution < 1.29 is 14.4 Å². The van der Waals surface area contributed by atoms with Crippen LogP contribution in [0.5, 0.6) is 0 Å². The second kappa shape index (κ2) is 4.71. The zero-order chi connectivity index (χ0) is 13.3.